The van der Waals surface area contributed by atoms with Gasteiger partial charge in [-0.2, -0.15) is 0 Å². The van der Waals surface area contributed by atoms with E-state index >= 15 is 0 Å². The van der Waals surface area contributed by atoms with Gasteiger partial charge in [0.05, 0.1) is 6.61 Å². The Balaban J connectivity index is 1.57. The van der Waals surface area contributed by atoms with Crippen LogP contribution in [0.1, 0.15) is 19.8 Å². The van der Waals surface area contributed by atoms with E-state index in [9.17, 15) is 0 Å². The first-order valence-corrected chi connectivity index (χ1v) is 5.44. The lowest BCUT2D eigenvalue weighted by atomic mass is 10.1. The lowest BCUT2D eigenvalue weighted by Crippen LogP contribution is -2.42. The van der Waals surface area contributed by atoms with Crippen LogP contribution in [-0.2, 0) is 18.9 Å². The minimum absolute atomic E-state index is 0.0978. The van der Waals surface area contributed by atoms with Crippen LogP contribution in [0.15, 0.2) is 0 Å². The molecule has 0 aromatic carbocycles. The number of hydrogen-bond acceptors (Lipinski definition) is 4. The van der Waals surface area contributed by atoms with E-state index in [0.717, 1.165) is 19.4 Å². The molecule has 3 fully saturated rings. The van der Waals surface area contributed by atoms with E-state index in [4.69, 9.17) is 18.9 Å². The minimum Gasteiger partial charge on any atom is -0.373 e. The normalized spacial score (nSPS) is 49.1. The zero-order valence-electron chi connectivity index (χ0n) is 8.35. The fraction of sp³-hybridized carbons (Fsp3) is 1.00. The van der Waals surface area contributed by atoms with E-state index in [2.05, 4.69) is 6.92 Å². The predicted octanol–water partition coefficient (Wildman–Crippen LogP) is 0.694. The van der Waals surface area contributed by atoms with Gasteiger partial charge in [0.15, 0.2) is 6.29 Å². The number of rotatable bonds is 4. The van der Waals surface area contributed by atoms with Crippen LogP contribution in [0.25, 0.3) is 0 Å². The van der Waals surface area contributed by atoms with Gasteiger partial charge >= 0.3 is 0 Å². The number of ether oxygens (including phenoxy) is 4. The van der Waals surface area contributed by atoms with Crippen molar-refractivity contribution in [2.75, 3.05) is 13.2 Å². The summed E-state index contributed by atoms with van der Waals surface area (Å²) in [6.07, 6.45) is 2.72. The number of hydrogen-bond donors (Lipinski definition) is 0. The average molecular weight is 200 g/mol. The molecule has 3 rings (SSSR count). The standard InChI is InChI=1S/C10H16O4/c1-2-3-4-11-7-6-5-12-10(13-6)9-8(7)14-9/h6-10H,2-5H2,1H3/t6?,7-,8+,9?,10?/m1/s1. The summed E-state index contributed by atoms with van der Waals surface area (Å²) in [4.78, 5) is 0. The molecule has 3 aliphatic heterocycles. The monoisotopic (exact) mass is 200 g/mol. The first-order chi connectivity index (χ1) is 6.90. The Morgan fingerprint density at radius 1 is 1.29 bits per heavy atom. The molecule has 3 saturated heterocycles. The molecular weight excluding hydrogens is 184 g/mol. The molecule has 3 aliphatic rings. The smallest absolute Gasteiger partial charge is 0.187 e. The molecule has 14 heavy (non-hydrogen) atoms. The fourth-order valence-electron chi connectivity index (χ4n) is 2.18. The SMILES string of the molecule is CCCCO[C@@H]1C2COC(O2)C2O[C@H]21. The van der Waals surface area contributed by atoms with Crippen LogP contribution in [0.5, 0.6) is 0 Å². The van der Waals surface area contributed by atoms with Crippen molar-refractivity contribution in [1.29, 1.82) is 0 Å². The largest absolute Gasteiger partial charge is 0.373 e. The summed E-state index contributed by atoms with van der Waals surface area (Å²) in [5, 5.41) is 0. The van der Waals surface area contributed by atoms with Crippen molar-refractivity contribution in [3.05, 3.63) is 0 Å². The highest BCUT2D eigenvalue weighted by molar-refractivity contribution is 5.04. The van der Waals surface area contributed by atoms with Crippen molar-refractivity contribution in [2.24, 2.45) is 0 Å². The van der Waals surface area contributed by atoms with Crippen molar-refractivity contribution in [2.45, 2.75) is 50.5 Å². The van der Waals surface area contributed by atoms with Gasteiger partial charge in [-0.1, -0.05) is 13.3 Å². The highest BCUT2D eigenvalue weighted by atomic mass is 16.8. The van der Waals surface area contributed by atoms with Crippen molar-refractivity contribution < 1.29 is 18.9 Å². The third-order valence-electron chi connectivity index (χ3n) is 3.06. The number of epoxide rings is 1. The molecule has 0 radical (unpaired) electrons. The van der Waals surface area contributed by atoms with Gasteiger partial charge in [0, 0.05) is 6.61 Å². The van der Waals surface area contributed by atoms with Crippen LogP contribution in [0.4, 0.5) is 0 Å². The first kappa shape index (κ1) is 9.09. The Hall–Kier alpha value is -0.160. The van der Waals surface area contributed by atoms with E-state index in [0.29, 0.717) is 6.61 Å². The van der Waals surface area contributed by atoms with Crippen molar-refractivity contribution in [3.63, 3.8) is 0 Å². The van der Waals surface area contributed by atoms with E-state index in [1.54, 1.807) is 0 Å². The molecular formula is C10H16O4. The van der Waals surface area contributed by atoms with Crippen LogP contribution in [0, 0.1) is 0 Å². The Morgan fingerprint density at radius 2 is 2.21 bits per heavy atom. The molecule has 3 heterocycles. The highest BCUT2D eigenvalue weighted by Gasteiger charge is 2.62. The maximum Gasteiger partial charge on any atom is 0.187 e. The average Bonchev–Trinajstić information content (AvgIpc) is 2.87. The zero-order chi connectivity index (χ0) is 9.54. The fourth-order valence-corrected chi connectivity index (χ4v) is 2.18. The second-order valence-corrected chi connectivity index (χ2v) is 4.13. The third kappa shape index (κ3) is 1.37. The maximum atomic E-state index is 5.78. The Kier molecular flexibility index (Phi) is 2.24. The third-order valence-corrected chi connectivity index (χ3v) is 3.06. The Bertz CT molecular complexity index is 220. The second-order valence-electron chi connectivity index (χ2n) is 4.13. The number of unbranched alkanes of at least 4 members (excludes halogenated alkanes) is 1. The summed E-state index contributed by atoms with van der Waals surface area (Å²) < 4.78 is 22.3. The molecule has 0 aliphatic carbocycles. The topological polar surface area (TPSA) is 40.2 Å². The van der Waals surface area contributed by atoms with Crippen LogP contribution in [0.3, 0.4) is 0 Å². The lowest BCUT2D eigenvalue weighted by molar-refractivity contribution is -0.118. The highest BCUT2D eigenvalue weighted by Crippen LogP contribution is 2.42. The first-order valence-electron chi connectivity index (χ1n) is 5.44. The van der Waals surface area contributed by atoms with Crippen molar-refractivity contribution in [1.82, 2.24) is 0 Å². The molecule has 0 aromatic rings. The lowest BCUT2D eigenvalue weighted by Gasteiger charge is -2.24. The summed E-state index contributed by atoms with van der Waals surface area (Å²) >= 11 is 0. The summed E-state index contributed by atoms with van der Waals surface area (Å²) in [5.41, 5.74) is 0. The Morgan fingerprint density at radius 3 is 3.07 bits per heavy atom. The van der Waals surface area contributed by atoms with Crippen LogP contribution in [0.2, 0.25) is 0 Å². The maximum absolute atomic E-state index is 5.78. The molecule has 0 N–H and O–H groups in total. The van der Waals surface area contributed by atoms with Gasteiger partial charge in [0.25, 0.3) is 0 Å². The van der Waals surface area contributed by atoms with Gasteiger partial charge < -0.3 is 18.9 Å². The molecule has 0 aromatic heterocycles. The van der Waals surface area contributed by atoms with E-state index in [1.807, 2.05) is 0 Å². The quantitative estimate of drug-likeness (QED) is 0.494. The number of fused-ring (bicyclic) bond motifs is 4. The minimum atomic E-state index is -0.115. The van der Waals surface area contributed by atoms with Crippen molar-refractivity contribution >= 4 is 0 Å². The van der Waals surface area contributed by atoms with Crippen molar-refractivity contribution in [3.8, 4) is 0 Å². The van der Waals surface area contributed by atoms with Gasteiger partial charge in [-0.05, 0) is 6.42 Å². The van der Waals surface area contributed by atoms with Gasteiger partial charge in [0.2, 0.25) is 0 Å². The predicted molar refractivity (Wildman–Crippen MR) is 47.9 cm³/mol. The Labute approximate surface area is 83.5 Å². The zero-order valence-corrected chi connectivity index (χ0v) is 8.35. The summed E-state index contributed by atoms with van der Waals surface area (Å²) in [7, 11) is 0. The second kappa shape index (κ2) is 3.45. The summed E-state index contributed by atoms with van der Waals surface area (Å²) in [6.45, 7) is 3.63. The van der Waals surface area contributed by atoms with Crippen LogP contribution < -0.4 is 0 Å². The van der Waals surface area contributed by atoms with Gasteiger partial charge in [-0.25, -0.2) is 0 Å². The van der Waals surface area contributed by atoms with E-state index < -0.39 is 0 Å². The molecule has 4 heteroatoms. The molecule has 3 unspecified atom stereocenters. The molecule has 0 amide bonds. The molecule has 4 nitrogen and oxygen atoms in total. The van der Waals surface area contributed by atoms with E-state index in [-0.39, 0.29) is 30.7 Å². The van der Waals surface area contributed by atoms with Gasteiger partial charge in [0.1, 0.15) is 24.4 Å². The van der Waals surface area contributed by atoms with Crippen LogP contribution >= 0.6 is 0 Å². The molecule has 0 saturated carbocycles. The molecule has 0 spiro atoms. The van der Waals surface area contributed by atoms with Gasteiger partial charge in [-0.15, -0.1) is 0 Å². The molecule has 80 valence electrons. The van der Waals surface area contributed by atoms with E-state index in [1.165, 1.54) is 0 Å². The molecule has 5 atom stereocenters. The van der Waals surface area contributed by atoms with Gasteiger partial charge in [-0.3, -0.25) is 0 Å². The summed E-state index contributed by atoms with van der Waals surface area (Å²) in [5.74, 6) is 0. The molecule has 2 bridgehead atoms. The summed E-state index contributed by atoms with van der Waals surface area (Å²) in [6, 6.07) is 0. The van der Waals surface area contributed by atoms with Crippen LogP contribution in [-0.4, -0.2) is 43.9 Å².